The number of sulfonamides is 1. The summed E-state index contributed by atoms with van der Waals surface area (Å²) >= 11 is 6.21. The summed E-state index contributed by atoms with van der Waals surface area (Å²) < 4.78 is 61.9. The van der Waals surface area contributed by atoms with Gasteiger partial charge in [-0.2, -0.15) is 9.40 Å². The van der Waals surface area contributed by atoms with Crippen LogP contribution in [-0.2, 0) is 27.8 Å². The average Bonchev–Trinajstić information content (AvgIpc) is 3.19. The smallest absolute Gasteiger partial charge is 0.325 e. The summed E-state index contributed by atoms with van der Waals surface area (Å²) in [4.78, 5) is 11.0. The summed E-state index contributed by atoms with van der Waals surface area (Å²) in [7, 11) is -2.58. The molecule has 1 N–H and O–H groups in total. The highest BCUT2D eigenvalue weighted by molar-refractivity contribution is 7.89. The van der Waals surface area contributed by atoms with Crippen LogP contribution >= 0.6 is 11.6 Å². The van der Waals surface area contributed by atoms with Crippen molar-refractivity contribution in [2.24, 2.45) is 0 Å². The number of rotatable bonds is 7. The van der Waals surface area contributed by atoms with Gasteiger partial charge in [0.15, 0.2) is 11.6 Å². The van der Waals surface area contributed by atoms with Crippen molar-refractivity contribution in [3.05, 3.63) is 70.5 Å². The fourth-order valence-electron chi connectivity index (χ4n) is 3.97. The fraction of sp³-hybridized carbons (Fsp3) is 0.273. The SMILES string of the molecule is CN(C1CCCc2c1cnn2CC(=O)O)S(=O)(=O)c1ccc(Oc2cc(F)ccc2F)c(Cl)c1. The highest BCUT2D eigenvalue weighted by Gasteiger charge is 2.34. The van der Waals surface area contributed by atoms with Crippen LogP contribution in [0.1, 0.15) is 30.1 Å². The number of nitrogens with zero attached hydrogens (tertiary/aromatic N) is 3. The third kappa shape index (κ3) is 4.63. The Morgan fingerprint density at radius 2 is 2.03 bits per heavy atom. The maximum atomic E-state index is 13.9. The summed E-state index contributed by atoms with van der Waals surface area (Å²) in [6.45, 7) is -0.304. The lowest BCUT2D eigenvalue weighted by atomic mass is 9.93. The first kappa shape index (κ1) is 24.1. The van der Waals surface area contributed by atoms with E-state index in [9.17, 15) is 22.0 Å². The van der Waals surface area contributed by atoms with E-state index in [4.69, 9.17) is 21.4 Å². The van der Waals surface area contributed by atoms with Crippen LogP contribution in [0.25, 0.3) is 0 Å². The number of benzene rings is 2. The Balaban J connectivity index is 1.60. The number of aliphatic carboxylic acids is 1. The summed E-state index contributed by atoms with van der Waals surface area (Å²) in [5, 5.41) is 13.1. The molecule has 1 atom stereocenters. The molecule has 1 aromatic heterocycles. The third-order valence-corrected chi connectivity index (χ3v) is 7.81. The lowest BCUT2D eigenvalue weighted by molar-refractivity contribution is -0.137. The molecule has 0 fully saturated rings. The van der Waals surface area contributed by atoms with Crippen molar-refractivity contribution in [1.82, 2.24) is 14.1 Å². The number of ether oxygens (including phenoxy) is 1. The normalized spacial score (nSPS) is 15.9. The van der Waals surface area contributed by atoms with E-state index in [0.29, 0.717) is 30.5 Å². The molecule has 0 saturated carbocycles. The van der Waals surface area contributed by atoms with Crippen molar-refractivity contribution in [3.8, 4) is 11.5 Å². The zero-order chi connectivity index (χ0) is 24.6. The molecule has 34 heavy (non-hydrogen) atoms. The Bertz CT molecular complexity index is 1360. The van der Waals surface area contributed by atoms with E-state index < -0.39 is 33.7 Å². The third-order valence-electron chi connectivity index (χ3n) is 5.65. The highest BCUT2D eigenvalue weighted by atomic mass is 35.5. The van der Waals surface area contributed by atoms with Crippen LogP contribution in [0.5, 0.6) is 11.5 Å². The first-order valence-corrected chi connectivity index (χ1v) is 12.1. The second-order valence-corrected chi connectivity index (χ2v) is 10.2. The van der Waals surface area contributed by atoms with Crippen molar-refractivity contribution in [2.45, 2.75) is 36.7 Å². The lowest BCUT2D eigenvalue weighted by Crippen LogP contribution is -2.33. The van der Waals surface area contributed by atoms with E-state index in [2.05, 4.69) is 5.10 Å². The predicted octanol–water partition coefficient (Wildman–Crippen LogP) is 4.39. The second kappa shape index (κ2) is 9.32. The maximum absolute atomic E-state index is 13.9. The summed E-state index contributed by atoms with van der Waals surface area (Å²) in [6.07, 6.45) is 3.30. The van der Waals surface area contributed by atoms with Crippen LogP contribution in [0.2, 0.25) is 5.02 Å². The van der Waals surface area contributed by atoms with Gasteiger partial charge < -0.3 is 9.84 Å². The second-order valence-electron chi connectivity index (χ2n) is 7.80. The highest BCUT2D eigenvalue weighted by Crippen LogP contribution is 2.38. The van der Waals surface area contributed by atoms with Gasteiger partial charge in [0.1, 0.15) is 18.1 Å². The summed E-state index contributed by atoms with van der Waals surface area (Å²) in [6, 6.07) is 5.88. The maximum Gasteiger partial charge on any atom is 0.325 e. The van der Waals surface area contributed by atoms with E-state index >= 15 is 0 Å². The molecule has 0 aliphatic heterocycles. The van der Waals surface area contributed by atoms with Crippen LogP contribution in [0.15, 0.2) is 47.5 Å². The van der Waals surface area contributed by atoms with Gasteiger partial charge in [-0.15, -0.1) is 0 Å². The van der Waals surface area contributed by atoms with Crippen LogP contribution in [0.3, 0.4) is 0 Å². The molecule has 1 heterocycles. The quantitative estimate of drug-likeness (QED) is 0.505. The van der Waals surface area contributed by atoms with Crippen molar-refractivity contribution in [1.29, 1.82) is 0 Å². The first-order valence-electron chi connectivity index (χ1n) is 10.2. The Morgan fingerprint density at radius 3 is 2.74 bits per heavy atom. The Labute approximate surface area is 199 Å². The molecule has 0 amide bonds. The zero-order valence-corrected chi connectivity index (χ0v) is 19.5. The molecule has 8 nitrogen and oxygen atoms in total. The molecule has 12 heteroatoms. The molecule has 0 radical (unpaired) electrons. The minimum absolute atomic E-state index is 0.0392. The summed E-state index contributed by atoms with van der Waals surface area (Å²) in [5.41, 5.74) is 1.35. The number of hydrogen-bond acceptors (Lipinski definition) is 5. The van der Waals surface area contributed by atoms with E-state index in [0.717, 1.165) is 18.2 Å². The van der Waals surface area contributed by atoms with Gasteiger partial charge in [0.25, 0.3) is 0 Å². The molecule has 3 aromatic rings. The molecule has 0 spiro atoms. The van der Waals surface area contributed by atoms with Crippen molar-refractivity contribution in [2.75, 3.05) is 7.05 Å². The predicted molar refractivity (Wildman–Crippen MR) is 118 cm³/mol. The largest absolute Gasteiger partial charge is 0.480 e. The van der Waals surface area contributed by atoms with Gasteiger partial charge in [0.2, 0.25) is 10.0 Å². The van der Waals surface area contributed by atoms with Crippen LogP contribution < -0.4 is 4.74 Å². The number of hydrogen-bond donors (Lipinski definition) is 1. The van der Waals surface area contributed by atoms with E-state index in [-0.39, 0.29) is 28.0 Å². The van der Waals surface area contributed by atoms with Crippen molar-refractivity contribution < 1.29 is 31.8 Å². The lowest BCUT2D eigenvalue weighted by Gasteiger charge is -2.31. The molecule has 0 bridgehead atoms. The van der Waals surface area contributed by atoms with Crippen LogP contribution in [-0.4, -0.2) is 40.6 Å². The van der Waals surface area contributed by atoms with Gasteiger partial charge in [-0.3, -0.25) is 9.48 Å². The molecule has 1 aliphatic rings. The Morgan fingerprint density at radius 1 is 1.26 bits per heavy atom. The number of fused-ring (bicyclic) bond motifs is 1. The van der Waals surface area contributed by atoms with Gasteiger partial charge in [-0.05, 0) is 49.6 Å². The molecular weight excluding hydrogens is 492 g/mol. The Hall–Kier alpha value is -3.02. The van der Waals surface area contributed by atoms with Crippen LogP contribution in [0, 0.1) is 11.6 Å². The number of halogens is 3. The zero-order valence-electron chi connectivity index (χ0n) is 17.9. The molecular formula is C22H20ClF2N3O5S. The average molecular weight is 512 g/mol. The standard InChI is InChI=1S/C22H20ClF2N3O5S/c1-27(18-3-2-4-19-15(18)11-26-28(19)12-22(29)30)34(31,32)14-6-8-20(16(23)10-14)33-21-9-13(24)5-7-17(21)25/h5-11,18H,2-4,12H2,1H3,(H,29,30). The van der Waals surface area contributed by atoms with Gasteiger partial charge >= 0.3 is 5.97 Å². The van der Waals surface area contributed by atoms with Crippen molar-refractivity contribution in [3.63, 3.8) is 0 Å². The molecule has 1 aliphatic carbocycles. The minimum Gasteiger partial charge on any atom is -0.480 e. The van der Waals surface area contributed by atoms with Crippen molar-refractivity contribution >= 4 is 27.6 Å². The number of carboxylic acids is 1. The topological polar surface area (TPSA) is 102 Å². The molecule has 180 valence electrons. The van der Waals surface area contributed by atoms with Gasteiger partial charge in [0, 0.05) is 24.4 Å². The fourth-order valence-corrected chi connectivity index (χ4v) is 5.65. The van der Waals surface area contributed by atoms with E-state index in [1.165, 1.54) is 40.4 Å². The molecule has 1 unspecified atom stereocenters. The summed E-state index contributed by atoms with van der Waals surface area (Å²) in [5.74, 6) is -2.97. The van der Waals surface area contributed by atoms with Crippen LogP contribution in [0.4, 0.5) is 8.78 Å². The van der Waals surface area contributed by atoms with E-state index in [1.54, 1.807) is 0 Å². The van der Waals surface area contributed by atoms with Gasteiger partial charge in [0.05, 0.1) is 22.2 Å². The minimum atomic E-state index is -4.02. The molecule has 4 rings (SSSR count). The molecule has 0 saturated heterocycles. The number of aromatic nitrogens is 2. The monoisotopic (exact) mass is 511 g/mol. The van der Waals surface area contributed by atoms with Gasteiger partial charge in [-0.25, -0.2) is 17.2 Å². The number of carbonyl (C=O) groups is 1. The molecule has 2 aromatic carbocycles. The Kier molecular flexibility index (Phi) is 6.61. The first-order chi connectivity index (χ1) is 16.1. The van der Waals surface area contributed by atoms with Gasteiger partial charge in [-0.1, -0.05) is 11.6 Å². The number of carboxylic acid groups (broad SMARTS) is 1. The van der Waals surface area contributed by atoms with E-state index in [1.807, 2.05) is 0 Å².